The van der Waals surface area contributed by atoms with E-state index < -0.39 is 5.97 Å². The minimum atomic E-state index is -0.933. The minimum absolute atomic E-state index is 0.0275. The largest absolute Gasteiger partial charge is 0.491 e. The van der Waals surface area contributed by atoms with Crippen molar-refractivity contribution in [2.24, 2.45) is 0 Å². The molecule has 1 fully saturated rings. The van der Waals surface area contributed by atoms with Crippen LogP contribution in [0.1, 0.15) is 56.8 Å². The Labute approximate surface area is 126 Å². The molecule has 0 aromatic heterocycles. The number of aromatic carboxylic acids is 1. The van der Waals surface area contributed by atoms with E-state index in [1.807, 2.05) is 19.1 Å². The van der Waals surface area contributed by atoms with Gasteiger partial charge in [-0.25, -0.2) is 4.79 Å². The molecule has 2 rings (SSSR count). The summed E-state index contributed by atoms with van der Waals surface area (Å²) in [5, 5.41) is 9.42. The summed E-state index contributed by atoms with van der Waals surface area (Å²) in [4.78, 5) is 13.8. The zero-order valence-corrected chi connectivity index (χ0v) is 13.2. The van der Waals surface area contributed by atoms with Crippen LogP contribution in [0.3, 0.4) is 0 Å². The Morgan fingerprint density at radius 1 is 1.38 bits per heavy atom. The molecule has 116 valence electrons. The van der Waals surface area contributed by atoms with Gasteiger partial charge in [-0.15, -0.1) is 0 Å². The summed E-state index contributed by atoms with van der Waals surface area (Å²) < 4.78 is 5.80. The molecule has 1 N–H and O–H groups in total. The van der Waals surface area contributed by atoms with E-state index in [-0.39, 0.29) is 11.1 Å². The van der Waals surface area contributed by atoms with Gasteiger partial charge in [-0.05, 0) is 51.7 Å². The zero-order valence-electron chi connectivity index (χ0n) is 13.2. The summed E-state index contributed by atoms with van der Waals surface area (Å²) in [6.45, 7) is 7.92. The standard InChI is InChI=1S/C17H25NO3/c1-4-12-21-15-13(16(19)20)8-7-9-14(15)18-11-6-5-10-17(18,2)3/h7-9H,4-6,10-12H2,1-3H3,(H,19,20). The molecule has 1 aromatic carbocycles. The number of para-hydroxylation sites is 1. The molecular formula is C17H25NO3. The Bertz CT molecular complexity index is 511. The van der Waals surface area contributed by atoms with Crippen LogP contribution in [0.2, 0.25) is 0 Å². The lowest BCUT2D eigenvalue weighted by Crippen LogP contribution is -2.47. The molecule has 0 unspecified atom stereocenters. The molecule has 1 saturated heterocycles. The van der Waals surface area contributed by atoms with Crippen molar-refractivity contribution in [3.63, 3.8) is 0 Å². The third-order valence-electron chi connectivity index (χ3n) is 4.12. The lowest BCUT2D eigenvalue weighted by Gasteiger charge is -2.44. The predicted octanol–water partition coefficient (Wildman–Crippen LogP) is 3.94. The van der Waals surface area contributed by atoms with Crippen molar-refractivity contribution in [2.75, 3.05) is 18.1 Å². The summed E-state index contributed by atoms with van der Waals surface area (Å²) in [5.41, 5.74) is 1.19. The van der Waals surface area contributed by atoms with Crippen LogP contribution >= 0.6 is 0 Å². The van der Waals surface area contributed by atoms with E-state index >= 15 is 0 Å². The highest BCUT2D eigenvalue weighted by Gasteiger charge is 2.32. The summed E-state index contributed by atoms with van der Waals surface area (Å²) in [7, 11) is 0. The first-order valence-corrected chi connectivity index (χ1v) is 7.74. The Kier molecular flexibility index (Phi) is 4.76. The Morgan fingerprint density at radius 3 is 2.76 bits per heavy atom. The lowest BCUT2D eigenvalue weighted by atomic mass is 9.89. The normalized spacial score (nSPS) is 17.6. The van der Waals surface area contributed by atoms with Crippen LogP contribution < -0.4 is 9.64 Å². The van der Waals surface area contributed by atoms with Crippen molar-refractivity contribution < 1.29 is 14.6 Å². The maximum atomic E-state index is 11.5. The number of anilines is 1. The van der Waals surface area contributed by atoms with E-state index in [1.165, 1.54) is 6.42 Å². The predicted molar refractivity (Wildman–Crippen MR) is 84.5 cm³/mol. The van der Waals surface area contributed by atoms with Crippen molar-refractivity contribution in [2.45, 2.75) is 52.0 Å². The van der Waals surface area contributed by atoms with Crippen LogP contribution in [0.4, 0.5) is 5.69 Å². The highest BCUT2D eigenvalue weighted by Crippen LogP contribution is 2.39. The molecule has 0 amide bonds. The molecule has 1 heterocycles. The number of hydrogen-bond acceptors (Lipinski definition) is 3. The summed E-state index contributed by atoms with van der Waals surface area (Å²) in [5.74, 6) is -0.417. The van der Waals surface area contributed by atoms with Gasteiger partial charge in [0.15, 0.2) is 5.75 Å². The van der Waals surface area contributed by atoms with Crippen molar-refractivity contribution in [1.29, 1.82) is 0 Å². The van der Waals surface area contributed by atoms with Crippen LogP contribution in [0, 0.1) is 0 Å². The van der Waals surface area contributed by atoms with Gasteiger partial charge in [0.05, 0.1) is 12.3 Å². The van der Waals surface area contributed by atoms with Crippen molar-refractivity contribution in [3.8, 4) is 5.75 Å². The van der Waals surface area contributed by atoms with Gasteiger partial charge in [0.1, 0.15) is 5.56 Å². The van der Waals surface area contributed by atoms with Crippen LogP contribution in [0.5, 0.6) is 5.75 Å². The molecular weight excluding hydrogens is 266 g/mol. The third-order valence-corrected chi connectivity index (χ3v) is 4.12. The fourth-order valence-corrected chi connectivity index (χ4v) is 2.97. The molecule has 4 nitrogen and oxygen atoms in total. The number of nitrogens with zero attached hydrogens (tertiary/aromatic N) is 1. The Hall–Kier alpha value is -1.71. The first-order chi connectivity index (χ1) is 9.97. The monoisotopic (exact) mass is 291 g/mol. The van der Waals surface area contributed by atoms with Crippen LogP contribution in [-0.2, 0) is 0 Å². The van der Waals surface area contributed by atoms with Crippen molar-refractivity contribution >= 4 is 11.7 Å². The molecule has 1 aliphatic heterocycles. The fourth-order valence-electron chi connectivity index (χ4n) is 2.97. The first kappa shape index (κ1) is 15.7. The van der Waals surface area contributed by atoms with Gasteiger partial charge in [0.2, 0.25) is 0 Å². The number of carboxylic acid groups (broad SMARTS) is 1. The van der Waals surface area contributed by atoms with Gasteiger partial charge in [-0.1, -0.05) is 13.0 Å². The number of ether oxygens (including phenoxy) is 1. The van der Waals surface area contributed by atoms with E-state index in [0.717, 1.165) is 31.5 Å². The van der Waals surface area contributed by atoms with Gasteiger partial charge in [-0.2, -0.15) is 0 Å². The van der Waals surface area contributed by atoms with Crippen LogP contribution in [0.25, 0.3) is 0 Å². The highest BCUT2D eigenvalue weighted by molar-refractivity contribution is 5.93. The maximum absolute atomic E-state index is 11.5. The smallest absolute Gasteiger partial charge is 0.339 e. The molecule has 0 aliphatic carbocycles. The quantitative estimate of drug-likeness (QED) is 0.892. The van der Waals surface area contributed by atoms with Crippen molar-refractivity contribution in [3.05, 3.63) is 23.8 Å². The number of piperidine rings is 1. The lowest BCUT2D eigenvalue weighted by molar-refractivity contribution is 0.0692. The summed E-state index contributed by atoms with van der Waals surface area (Å²) in [6, 6.07) is 5.40. The first-order valence-electron chi connectivity index (χ1n) is 7.74. The second-order valence-electron chi connectivity index (χ2n) is 6.23. The van der Waals surface area contributed by atoms with Gasteiger partial charge in [0.25, 0.3) is 0 Å². The van der Waals surface area contributed by atoms with Gasteiger partial charge in [-0.3, -0.25) is 0 Å². The molecule has 0 atom stereocenters. The second kappa shape index (κ2) is 6.37. The molecule has 0 spiro atoms. The average molecular weight is 291 g/mol. The van der Waals surface area contributed by atoms with E-state index in [4.69, 9.17) is 4.74 Å². The summed E-state index contributed by atoms with van der Waals surface area (Å²) >= 11 is 0. The van der Waals surface area contributed by atoms with E-state index in [9.17, 15) is 9.90 Å². The number of rotatable bonds is 5. The van der Waals surface area contributed by atoms with Gasteiger partial charge >= 0.3 is 5.97 Å². The zero-order chi connectivity index (χ0) is 15.5. The van der Waals surface area contributed by atoms with E-state index in [1.54, 1.807) is 6.07 Å². The molecule has 1 aromatic rings. The average Bonchev–Trinajstić information content (AvgIpc) is 2.44. The van der Waals surface area contributed by atoms with Crippen molar-refractivity contribution in [1.82, 2.24) is 0 Å². The topological polar surface area (TPSA) is 49.8 Å². The van der Waals surface area contributed by atoms with E-state index in [0.29, 0.717) is 12.4 Å². The van der Waals surface area contributed by atoms with Crippen LogP contribution in [0.15, 0.2) is 18.2 Å². The number of carboxylic acids is 1. The molecule has 1 aliphatic rings. The SMILES string of the molecule is CCCOc1c(C(=O)O)cccc1N1CCCCC1(C)C. The number of carbonyl (C=O) groups is 1. The third kappa shape index (κ3) is 3.31. The maximum Gasteiger partial charge on any atom is 0.339 e. The number of hydrogen-bond donors (Lipinski definition) is 1. The highest BCUT2D eigenvalue weighted by atomic mass is 16.5. The molecule has 4 heteroatoms. The molecule has 0 bridgehead atoms. The fraction of sp³-hybridized carbons (Fsp3) is 0.588. The van der Waals surface area contributed by atoms with Gasteiger partial charge in [0, 0.05) is 12.1 Å². The number of benzene rings is 1. The Balaban J connectivity index is 2.46. The van der Waals surface area contributed by atoms with Gasteiger partial charge < -0.3 is 14.7 Å². The minimum Gasteiger partial charge on any atom is -0.491 e. The summed E-state index contributed by atoms with van der Waals surface area (Å²) in [6.07, 6.45) is 4.32. The molecule has 0 saturated carbocycles. The Morgan fingerprint density at radius 2 is 2.14 bits per heavy atom. The second-order valence-corrected chi connectivity index (χ2v) is 6.23. The van der Waals surface area contributed by atoms with Crippen LogP contribution in [-0.4, -0.2) is 29.8 Å². The molecule has 21 heavy (non-hydrogen) atoms. The van der Waals surface area contributed by atoms with E-state index in [2.05, 4.69) is 18.7 Å². The molecule has 0 radical (unpaired) electrons.